The van der Waals surface area contributed by atoms with Gasteiger partial charge in [-0.2, -0.15) is 0 Å². The Labute approximate surface area is 162 Å². The summed E-state index contributed by atoms with van der Waals surface area (Å²) in [6.07, 6.45) is 0. The molecule has 1 aromatic heterocycles. The minimum absolute atomic E-state index is 0.0603. The number of ether oxygens (including phenoxy) is 1. The highest BCUT2D eigenvalue weighted by molar-refractivity contribution is 5.99. The second-order valence-corrected chi connectivity index (χ2v) is 6.36. The van der Waals surface area contributed by atoms with Crippen LogP contribution in [0.2, 0.25) is 0 Å². The van der Waals surface area contributed by atoms with Gasteiger partial charge in [0.2, 0.25) is 5.91 Å². The molecule has 0 aliphatic carbocycles. The highest BCUT2D eigenvalue weighted by atomic mass is 19.1. The van der Waals surface area contributed by atoms with Gasteiger partial charge in [-0.1, -0.05) is 12.1 Å². The first-order valence-corrected chi connectivity index (χ1v) is 8.97. The van der Waals surface area contributed by atoms with Crippen molar-refractivity contribution < 1.29 is 18.7 Å². The Morgan fingerprint density at radius 1 is 1.14 bits per heavy atom. The molecule has 7 heteroatoms. The second-order valence-electron chi connectivity index (χ2n) is 6.36. The van der Waals surface area contributed by atoms with Gasteiger partial charge in [-0.05, 0) is 42.8 Å². The van der Waals surface area contributed by atoms with Gasteiger partial charge in [-0.3, -0.25) is 9.59 Å². The van der Waals surface area contributed by atoms with Crippen LogP contribution in [-0.2, 0) is 11.3 Å². The summed E-state index contributed by atoms with van der Waals surface area (Å²) in [7, 11) is 1.58. The number of likely N-dealkylation sites (N-methyl/N-ethyl adjacent to an activating group) is 1. The van der Waals surface area contributed by atoms with Crippen molar-refractivity contribution in [3.63, 3.8) is 0 Å². The van der Waals surface area contributed by atoms with E-state index in [1.165, 1.54) is 17.0 Å². The highest BCUT2D eigenvalue weighted by Gasteiger charge is 2.19. The second kappa shape index (κ2) is 8.56. The lowest BCUT2D eigenvalue weighted by atomic mass is 10.2. The fourth-order valence-electron chi connectivity index (χ4n) is 2.88. The molecule has 0 unspecified atom stereocenters. The highest BCUT2D eigenvalue weighted by Crippen LogP contribution is 2.22. The molecular formula is C21H22FN3O3. The first-order valence-electron chi connectivity index (χ1n) is 8.97. The Kier molecular flexibility index (Phi) is 5.93. The van der Waals surface area contributed by atoms with E-state index in [1.807, 2.05) is 25.1 Å². The van der Waals surface area contributed by atoms with Crippen molar-refractivity contribution in [2.24, 2.45) is 0 Å². The maximum absolute atomic E-state index is 12.9. The average molecular weight is 383 g/mol. The van der Waals surface area contributed by atoms with E-state index in [2.05, 4.69) is 10.3 Å². The first-order chi connectivity index (χ1) is 13.5. The lowest BCUT2D eigenvalue weighted by molar-refractivity contribution is -0.121. The lowest BCUT2D eigenvalue weighted by Gasteiger charge is -2.19. The van der Waals surface area contributed by atoms with Crippen molar-refractivity contribution in [3.05, 3.63) is 65.6 Å². The summed E-state index contributed by atoms with van der Waals surface area (Å²) >= 11 is 0. The van der Waals surface area contributed by atoms with Crippen LogP contribution in [0.1, 0.15) is 23.0 Å². The summed E-state index contributed by atoms with van der Waals surface area (Å²) in [4.78, 5) is 29.6. The van der Waals surface area contributed by atoms with Gasteiger partial charge in [0, 0.05) is 30.1 Å². The number of nitrogens with zero attached hydrogens (tertiary/aromatic N) is 1. The summed E-state index contributed by atoms with van der Waals surface area (Å²) < 4.78 is 18.1. The number of aromatic amines is 1. The Morgan fingerprint density at radius 2 is 1.89 bits per heavy atom. The van der Waals surface area contributed by atoms with Crippen LogP contribution in [0, 0.1) is 5.82 Å². The SMILES string of the molecule is CCN(CC(=O)NCc1ccc(F)cc1)C(=O)c1cc2ccc(OC)cc2[nH]1. The van der Waals surface area contributed by atoms with E-state index in [1.54, 1.807) is 25.3 Å². The van der Waals surface area contributed by atoms with Gasteiger partial charge < -0.3 is 19.9 Å². The molecule has 0 atom stereocenters. The van der Waals surface area contributed by atoms with Crippen LogP contribution in [0.25, 0.3) is 10.9 Å². The van der Waals surface area contributed by atoms with Crippen LogP contribution in [0.5, 0.6) is 5.75 Å². The third-order valence-corrected chi connectivity index (χ3v) is 4.47. The van der Waals surface area contributed by atoms with Crippen LogP contribution >= 0.6 is 0 Å². The van der Waals surface area contributed by atoms with Crippen LogP contribution in [0.4, 0.5) is 4.39 Å². The molecule has 0 saturated heterocycles. The maximum Gasteiger partial charge on any atom is 0.270 e. The molecule has 0 aliphatic heterocycles. The largest absolute Gasteiger partial charge is 0.497 e. The molecule has 0 bridgehead atoms. The van der Waals surface area contributed by atoms with Gasteiger partial charge >= 0.3 is 0 Å². The fourth-order valence-corrected chi connectivity index (χ4v) is 2.88. The molecule has 2 N–H and O–H groups in total. The van der Waals surface area contributed by atoms with Crippen LogP contribution < -0.4 is 10.1 Å². The number of fused-ring (bicyclic) bond motifs is 1. The molecule has 3 rings (SSSR count). The zero-order valence-corrected chi connectivity index (χ0v) is 15.8. The minimum Gasteiger partial charge on any atom is -0.497 e. The van der Waals surface area contributed by atoms with E-state index >= 15 is 0 Å². The Bertz CT molecular complexity index is 982. The predicted molar refractivity (Wildman–Crippen MR) is 105 cm³/mol. The number of H-pyrrole nitrogens is 1. The van der Waals surface area contributed by atoms with E-state index < -0.39 is 0 Å². The zero-order chi connectivity index (χ0) is 20.1. The number of carbonyl (C=O) groups excluding carboxylic acids is 2. The maximum atomic E-state index is 12.9. The van der Waals surface area contributed by atoms with Gasteiger partial charge in [0.15, 0.2) is 0 Å². The molecule has 6 nitrogen and oxygen atoms in total. The van der Waals surface area contributed by atoms with Crippen molar-refractivity contribution in [1.29, 1.82) is 0 Å². The molecular weight excluding hydrogens is 361 g/mol. The molecule has 0 spiro atoms. The van der Waals surface area contributed by atoms with Gasteiger partial charge in [0.25, 0.3) is 5.91 Å². The Hall–Kier alpha value is -3.35. The van der Waals surface area contributed by atoms with Crippen molar-refractivity contribution in [1.82, 2.24) is 15.2 Å². The van der Waals surface area contributed by atoms with Gasteiger partial charge in [-0.25, -0.2) is 4.39 Å². The molecule has 0 aliphatic rings. The van der Waals surface area contributed by atoms with E-state index in [0.717, 1.165) is 16.5 Å². The van der Waals surface area contributed by atoms with Crippen molar-refractivity contribution in [3.8, 4) is 5.75 Å². The summed E-state index contributed by atoms with van der Waals surface area (Å²) in [5.74, 6) is -0.165. The molecule has 1 heterocycles. The number of nitrogens with one attached hydrogen (secondary N) is 2. The Balaban J connectivity index is 1.64. The number of aromatic nitrogens is 1. The normalized spacial score (nSPS) is 10.7. The van der Waals surface area contributed by atoms with E-state index in [9.17, 15) is 14.0 Å². The molecule has 146 valence electrons. The number of hydrogen-bond donors (Lipinski definition) is 2. The number of rotatable bonds is 7. The smallest absolute Gasteiger partial charge is 0.270 e. The molecule has 0 saturated carbocycles. The minimum atomic E-state index is -0.325. The van der Waals surface area contributed by atoms with Gasteiger partial charge in [-0.15, -0.1) is 0 Å². The van der Waals surface area contributed by atoms with Crippen molar-refractivity contribution in [2.75, 3.05) is 20.2 Å². The average Bonchev–Trinajstić information content (AvgIpc) is 3.14. The molecule has 2 amide bonds. The molecule has 3 aromatic rings. The number of amides is 2. The van der Waals surface area contributed by atoms with E-state index in [4.69, 9.17) is 4.74 Å². The van der Waals surface area contributed by atoms with Gasteiger partial charge in [0.1, 0.15) is 17.3 Å². The zero-order valence-electron chi connectivity index (χ0n) is 15.8. The van der Waals surface area contributed by atoms with E-state index in [0.29, 0.717) is 18.0 Å². The molecule has 0 fully saturated rings. The molecule has 2 aromatic carbocycles. The molecule has 28 heavy (non-hydrogen) atoms. The number of halogens is 1. The number of methoxy groups -OCH3 is 1. The first kappa shape index (κ1) is 19.4. The summed E-state index contributed by atoms with van der Waals surface area (Å²) in [6, 6.07) is 13.2. The van der Waals surface area contributed by atoms with E-state index in [-0.39, 0.29) is 30.7 Å². The van der Waals surface area contributed by atoms with Crippen molar-refractivity contribution in [2.45, 2.75) is 13.5 Å². The van der Waals surface area contributed by atoms with Crippen molar-refractivity contribution >= 4 is 22.7 Å². The van der Waals surface area contributed by atoms with Gasteiger partial charge in [0.05, 0.1) is 13.7 Å². The monoisotopic (exact) mass is 383 g/mol. The quantitative estimate of drug-likeness (QED) is 0.658. The molecule has 0 radical (unpaired) electrons. The lowest BCUT2D eigenvalue weighted by Crippen LogP contribution is -2.40. The summed E-state index contributed by atoms with van der Waals surface area (Å²) in [5.41, 5.74) is 1.99. The topological polar surface area (TPSA) is 74.4 Å². The number of carbonyl (C=O) groups is 2. The Morgan fingerprint density at radius 3 is 2.57 bits per heavy atom. The number of hydrogen-bond acceptors (Lipinski definition) is 3. The predicted octanol–water partition coefficient (Wildman–Crippen LogP) is 3.09. The third-order valence-electron chi connectivity index (χ3n) is 4.47. The third kappa shape index (κ3) is 4.49. The fraction of sp³-hybridized carbons (Fsp3) is 0.238. The van der Waals surface area contributed by atoms with Crippen LogP contribution in [-0.4, -0.2) is 41.9 Å². The summed E-state index contributed by atoms with van der Waals surface area (Å²) in [5, 5.41) is 3.64. The van der Waals surface area contributed by atoms with Crippen LogP contribution in [0.15, 0.2) is 48.5 Å². The standard InChI is InChI=1S/C21H22FN3O3/c1-3-25(13-20(26)23-12-14-4-7-16(22)8-5-14)21(27)19-10-15-6-9-17(28-2)11-18(15)24-19/h4-11,24H,3,12-13H2,1-2H3,(H,23,26). The van der Waals surface area contributed by atoms with Crippen LogP contribution in [0.3, 0.4) is 0 Å². The summed E-state index contributed by atoms with van der Waals surface area (Å²) in [6.45, 7) is 2.42. The number of benzene rings is 2.